The molecule has 1 atom stereocenters. The molecule has 0 aliphatic heterocycles. The lowest BCUT2D eigenvalue weighted by atomic mass is 10.0. The number of aryl methyl sites for hydroxylation is 2. The largest absolute Gasteiger partial charge is 0.354 e. The molecule has 3 rings (SSSR count). The number of hydrogen-bond donors (Lipinski definition) is 1. The highest BCUT2D eigenvalue weighted by Gasteiger charge is 2.08. The van der Waals surface area contributed by atoms with Gasteiger partial charge in [-0.05, 0) is 38.3 Å². The molecule has 0 bridgehead atoms. The van der Waals surface area contributed by atoms with Gasteiger partial charge in [-0.15, -0.1) is 11.3 Å². The summed E-state index contributed by atoms with van der Waals surface area (Å²) in [5.41, 5.74) is 5.85. The maximum Gasteiger partial charge on any atom is 0.217 e. The normalized spacial score (nSPS) is 12.0. The minimum absolute atomic E-state index is 0.0285. The molecular weight excluding hydrogens is 340 g/mol. The van der Waals surface area contributed by atoms with Crippen LogP contribution in [0.2, 0.25) is 0 Å². The monoisotopic (exact) mass is 364 g/mol. The van der Waals surface area contributed by atoms with Crippen molar-refractivity contribution in [3.8, 4) is 21.8 Å². The zero-order valence-corrected chi connectivity index (χ0v) is 16.3. The van der Waals surface area contributed by atoms with Gasteiger partial charge in [-0.25, -0.2) is 4.98 Å². The number of rotatable bonds is 6. The quantitative estimate of drug-likeness (QED) is 0.650. The Morgan fingerprint density at radius 2 is 1.92 bits per heavy atom. The van der Waals surface area contributed by atoms with E-state index in [-0.39, 0.29) is 11.9 Å². The van der Waals surface area contributed by atoms with Crippen molar-refractivity contribution in [3.05, 3.63) is 65.0 Å². The summed E-state index contributed by atoms with van der Waals surface area (Å²) in [7, 11) is 0. The third-order valence-corrected chi connectivity index (χ3v) is 5.23. The molecule has 134 valence electrons. The van der Waals surface area contributed by atoms with Crippen LogP contribution in [0.1, 0.15) is 31.4 Å². The van der Waals surface area contributed by atoms with Gasteiger partial charge in [-0.2, -0.15) is 0 Å². The van der Waals surface area contributed by atoms with Gasteiger partial charge in [0, 0.05) is 29.5 Å². The molecule has 0 radical (unpaired) electrons. The van der Waals surface area contributed by atoms with E-state index < -0.39 is 0 Å². The lowest BCUT2D eigenvalue weighted by Gasteiger charge is -2.12. The second kappa shape index (κ2) is 8.28. The Morgan fingerprint density at radius 3 is 2.62 bits per heavy atom. The van der Waals surface area contributed by atoms with Gasteiger partial charge >= 0.3 is 0 Å². The van der Waals surface area contributed by atoms with Gasteiger partial charge in [0.1, 0.15) is 5.01 Å². The van der Waals surface area contributed by atoms with Gasteiger partial charge in [0.25, 0.3) is 0 Å². The molecule has 3 aromatic rings. The molecule has 0 fully saturated rings. The van der Waals surface area contributed by atoms with E-state index in [9.17, 15) is 4.79 Å². The second-order valence-electron chi connectivity index (χ2n) is 6.74. The topological polar surface area (TPSA) is 42.0 Å². The molecule has 1 amide bonds. The lowest BCUT2D eigenvalue weighted by Crippen LogP contribution is -2.30. The number of carbonyl (C=O) groups is 1. The van der Waals surface area contributed by atoms with Crippen LogP contribution in [0.15, 0.2) is 53.9 Å². The molecule has 0 aliphatic carbocycles. The number of carbonyl (C=O) groups excluding carboxylic acids is 1. The Balaban J connectivity index is 1.66. The summed E-state index contributed by atoms with van der Waals surface area (Å²) in [5, 5.41) is 6.09. The fraction of sp³-hybridized carbons (Fsp3) is 0.273. The summed E-state index contributed by atoms with van der Waals surface area (Å²) in [6.07, 6.45) is 1.89. The van der Waals surface area contributed by atoms with Gasteiger partial charge in [-0.3, -0.25) is 4.79 Å². The molecule has 4 heteroatoms. The van der Waals surface area contributed by atoms with E-state index in [1.165, 1.54) is 16.7 Å². The number of aromatic nitrogens is 1. The molecule has 2 aromatic carbocycles. The summed E-state index contributed by atoms with van der Waals surface area (Å²) >= 11 is 1.68. The average molecular weight is 365 g/mol. The first kappa shape index (κ1) is 18.3. The number of nitrogens with zero attached hydrogens (tertiary/aromatic N) is 1. The minimum Gasteiger partial charge on any atom is -0.354 e. The molecule has 1 aromatic heterocycles. The highest BCUT2D eigenvalue weighted by molar-refractivity contribution is 7.13. The maximum atomic E-state index is 11.1. The molecule has 1 N–H and O–H groups in total. The molecule has 0 saturated heterocycles. The van der Waals surface area contributed by atoms with Crippen LogP contribution in [0.4, 0.5) is 0 Å². The van der Waals surface area contributed by atoms with Crippen LogP contribution < -0.4 is 5.32 Å². The summed E-state index contributed by atoms with van der Waals surface area (Å²) in [4.78, 5) is 15.9. The van der Waals surface area contributed by atoms with E-state index in [0.717, 1.165) is 29.1 Å². The molecule has 0 saturated carbocycles. The Bertz CT molecular complexity index is 883. The van der Waals surface area contributed by atoms with Crippen LogP contribution in [0.3, 0.4) is 0 Å². The van der Waals surface area contributed by atoms with E-state index in [4.69, 9.17) is 4.98 Å². The highest BCUT2D eigenvalue weighted by atomic mass is 32.1. The van der Waals surface area contributed by atoms with Crippen molar-refractivity contribution < 1.29 is 4.79 Å². The van der Waals surface area contributed by atoms with Crippen molar-refractivity contribution in [2.75, 3.05) is 0 Å². The van der Waals surface area contributed by atoms with Crippen LogP contribution in [0, 0.1) is 6.92 Å². The number of benzene rings is 2. The van der Waals surface area contributed by atoms with Crippen molar-refractivity contribution in [3.63, 3.8) is 0 Å². The minimum atomic E-state index is 0.0285. The van der Waals surface area contributed by atoms with E-state index in [1.807, 2.05) is 6.92 Å². The van der Waals surface area contributed by atoms with Crippen LogP contribution >= 0.6 is 11.3 Å². The van der Waals surface area contributed by atoms with Crippen molar-refractivity contribution >= 4 is 17.2 Å². The number of nitrogens with one attached hydrogen (secondary N) is 1. The fourth-order valence-electron chi connectivity index (χ4n) is 2.96. The molecule has 0 spiro atoms. The number of amides is 1. The first-order valence-corrected chi connectivity index (χ1v) is 9.78. The fourth-order valence-corrected chi connectivity index (χ4v) is 3.79. The van der Waals surface area contributed by atoms with Crippen molar-refractivity contribution in [1.82, 2.24) is 10.3 Å². The highest BCUT2D eigenvalue weighted by Crippen LogP contribution is 2.29. The van der Waals surface area contributed by atoms with E-state index in [1.54, 1.807) is 18.3 Å². The Labute approximate surface area is 159 Å². The van der Waals surface area contributed by atoms with Gasteiger partial charge in [-0.1, -0.05) is 48.0 Å². The first-order chi connectivity index (χ1) is 12.5. The van der Waals surface area contributed by atoms with Crippen molar-refractivity contribution in [1.29, 1.82) is 0 Å². The third-order valence-electron chi connectivity index (χ3n) is 4.33. The van der Waals surface area contributed by atoms with Crippen LogP contribution in [-0.2, 0) is 11.2 Å². The van der Waals surface area contributed by atoms with Crippen LogP contribution in [0.5, 0.6) is 0 Å². The second-order valence-corrected chi connectivity index (χ2v) is 7.60. The maximum absolute atomic E-state index is 11.1. The molecule has 3 nitrogen and oxygen atoms in total. The molecular formula is C22H24N2OS. The van der Waals surface area contributed by atoms with Crippen molar-refractivity contribution in [2.24, 2.45) is 0 Å². The zero-order valence-electron chi connectivity index (χ0n) is 15.5. The summed E-state index contributed by atoms with van der Waals surface area (Å²) in [5.74, 6) is 0.0285. The predicted octanol–water partition coefficient (Wildman–Crippen LogP) is 5.24. The molecule has 26 heavy (non-hydrogen) atoms. The van der Waals surface area contributed by atoms with Crippen LogP contribution in [-0.4, -0.2) is 16.9 Å². The summed E-state index contributed by atoms with van der Waals surface area (Å²) < 4.78 is 0. The van der Waals surface area contributed by atoms with Gasteiger partial charge in [0.2, 0.25) is 5.91 Å². The summed E-state index contributed by atoms with van der Waals surface area (Å²) in [6.45, 7) is 5.70. The number of thiazole rings is 1. The van der Waals surface area contributed by atoms with E-state index in [0.29, 0.717) is 0 Å². The Hall–Kier alpha value is -2.46. The van der Waals surface area contributed by atoms with Crippen LogP contribution in [0.25, 0.3) is 21.8 Å². The van der Waals surface area contributed by atoms with Gasteiger partial charge < -0.3 is 5.32 Å². The number of hydrogen-bond acceptors (Lipinski definition) is 3. The Kier molecular flexibility index (Phi) is 5.84. The Morgan fingerprint density at radius 1 is 1.15 bits per heavy atom. The smallest absolute Gasteiger partial charge is 0.217 e. The van der Waals surface area contributed by atoms with Gasteiger partial charge in [0.15, 0.2) is 0 Å². The molecule has 1 heterocycles. The lowest BCUT2D eigenvalue weighted by molar-refractivity contribution is -0.119. The SMILES string of the molecule is CC(=O)N[C@H](C)CCc1ccc(-c2csc(-c3cccc(C)c3)n2)cc1. The third kappa shape index (κ3) is 4.79. The van der Waals surface area contributed by atoms with E-state index >= 15 is 0 Å². The molecule has 0 aliphatic rings. The summed E-state index contributed by atoms with van der Waals surface area (Å²) in [6, 6.07) is 17.2. The standard InChI is InChI=1S/C22H24N2OS/c1-15-5-4-6-20(13-15)22-24-21(14-26-22)19-11-9-18(10-12-19)8-7-16(2)23-17(3)25/h4-6,9-14,16H,7-8H2,1-3H3,(H,23,25)/t16-/m1/s1. The van der Waals surface area contributed by atoms with E-state index in [2.05, 4.69) is 66.2 Å². The molecule has 0 unspecified atom stereocenters. The first-order valence-electron chi connectivity index (χ1n) is 8.90. The van der Waals surface area contributed by atoms with Gasteiger partial charge in [0.05, 0.1) is 5.69 Å². The zero-order chi connectivity index (χ0) is 18.5. The predicted molar refractivity (Wildman–Crippen MR) is 109 cm³/mol. The van der Waals surface area contributed by atoms with Crippen molar-refractivity contribution in [2.45, 2.75) is 39.7 Å². The average Bonchev–Trinajstić information content (AvgIpc) is 3.10.